The molecule has 23 heavy (non-hydrogen) atoms. The number of para-hydroxylation sites is 1. The summed E-state index contributed by atoms with van der Waals surface area (Å²) in [7, 11) is 0. The first-order valence-corrected chi connectivity index (χ1v) is 7.59. The number of piperidine rings is 1. The molecule has 1 aromatic carbocycles. The number of carbonyl (C=O) groups excluding carboxylic acids is 2. The van der Waals surface area contributed by atoms with Crippen LogP contribution in [0.5, 0.6) is 0 Å². The molecule has 0 bridgehead atoms. The minimum Gasteiger partial charge on any atom is -0.481 e. The van der Waals surface area contributed by atoms with E-state index in [1.54, 1.807) is 24.3 Å². The lowest BCUT2D eigenvalue weighted by Gasteiger charge is -2.32. The van der Waals surface area contributed by atoms with Crippen molar-refractivity contribution >= 4 is 23.5 Å². The van der Waals surface area contributed by atoms with Crippen LogP contribution < -0.4 is 10.6 Å². The average molecular weight is 319 g/mol. The molecule has 1 unspecified atom stereocenters. The zero-order valence-corrected chi connectivity index (χ0v) is 12.9. The number of carboxylic acid groups (broad SMARTS) is 1. The van der Waals surface area contributed by atoms with Crippen LogP contribution in [0.4, 0.5) is 5.69 Å². The Morgan fingerprint density at radius 2 is 1.96 bits per heavy atom. The molecule has 1 saturated heterocycles. The maximum absolute atomic E-state index is 12.5. The molecular weight excluding hydrogens is 298 g/mol. The van der Waals surface area contributed by atoms with Crippen LogP contribution in [-0.4, -0.2) is 54.0 Å². The predicted octanol–water partition coefficient (Wildman–Crippen LogP) is 0.302. The molecule has 2 amide bonds. The van der Waals surface area contributed by atoms with E-state index in [9.17, 15) is 14.4 Å². The molecule has 124 valence electrons. The van der Waals surface area contributed by atoms with Crippen molar-refractivity contribution in [2.45, 2.75) is 12.8 Å². The first-order valence-electron chi connectivity index (χ1n) is 7.59. The van der Waals surface area contributed by atoms with Crippen LogP contribution in [0, 0.1) is 5.92 Å². The number of aliphatic carboxylic acids is 1. The topological polar surface area (TPSA) is 104 Å². The summed E-state index contributed by atoms with van der Waals surface area (Å²) in [6.45, 7) is 0.377. The van der Waals surface area contributed by atoms with Crippen LogP contribution >= 0.6 is 0 Å². The first-order chi connectivity index (χ1) is 11.0. The van der Waals surface area contributed by atoms with Gasteiger partial charge in [-0.3, -0.25) is 14.4 Å². The molecule has 0 spiro atoms. The van der Waals surface area contributed by atoms with E-state index in [-0.39, 0.29) is 31.4 Å². The lowest BCUT2D eigenvalue weighted by atomic mass is 9.98. The van der Waals surface area contributed by atoms with Gasteiger partial charge in [0.25, 0.3) is 0 Å². The number of nitrogens with zero attached hydrogens (tertiary/aromatic N) is 2. The third-order valence-corrected chi connectivity index (χ3v) is 3.96. The Hall–Kier alpha value is -2.41. The van der Waals surface area contributed by atoms with E-state index in [1.165, 1.54) is 9.80 Å². The second kappa shape index (κ2) is 7.73. The number of likely N-dealkylation sites (tertiary alicyclic amines) is 1. The van der Waals surface area contributed by atoms with E-state index in [0.29, 0.717) is 25.1 Å². The SMILES string of the molecule is NCC(=O)N(CC(=O)N1CCCC(C(=O)O)C1)c1ccccc1. The number of benzene rings is 1. The normalized spacial score (nSPS) is 17.6. The van der Waals surface area contributed by atoms with Crippen molar-refractivity contribution in [2.24, 2.45) is 11.7 Å². The van der Waals surface area contributed by atoms with Gasteiger partial charge < -0.3 is 20.6 Å². The first kappa shape index (κ1) is 17.0. The Balaban J connectivity index is 2.08. The maximum atomic E-state index is 12.5. The summed E-state index contributed by atoms with van der Waals surface area (Å²) in [5.41, 5.74) is 6.03. The molecule has 1 fully saturated rings. The molecule has 7 nitrogen and oxygen atoms in total. The molecule has 7 heteroatoms. The van der Waals surface area contributed by atoms with Crippen LogP contribution in [0.25, 0.3) is 0 Å². The van der Waals surface area contributed by atoms with Crippen LogP contribution in [0.2, 0.25) is 0 Å². The van der Waals surface area contributed by atoms with Crippen LogP contribution in [0.1, 0.15) is 12.8 Å². The van der Waals surface area contributed by atoms with Crippen molar-refractivity contribution in [3.05, 3.63) is 30.3 Å². The molecule has 1 atom stereocenters. The van der Waals surface area contributed by atoms with Gasteiger partial charge in [0.15, 0.2) is 0 Å². The van der Waals surface area contributed by atoms with E-state index in [0.717, 1.165) is 0 Å². The second-order valence-corrected chi connectivity index (χ2v) is 5.54. The van der Waals surface area contributed by atoms with Crippen molar-refractivity contribution < 1.29 is 19.5 Å². The minimum atomic E-state index is -0.888. The summed E-state index contributed by atoms with van der Waals surface area (Å²) >= 11 is 0. The number of amides is 2. The molecule has 0 radical (unpaired) electrons. The zero-order valence-electron chi connectivity index (χ0n) is 12.9. The Bertz CT molecular complexity index is 576. The average Bonchev–Trinajstić information content (AvgIpc) is 2.59. The van der Waals surface area contributed by atoms with E-state index >= 15 is 0 Å². The highest BCUT2D eigenvalue weighted by atomic mass is 16.4. The standard InChI is InChI=1S/C16H21N3O4/c17-9-14(20)19(13-6-2-1-3-7-13)11-15(21)18-8-4-5-12(10-18)16(22)23/h1-3,6-7,12H,4-5,8-11,17H2,(H,22,23). The molecule has 0 aromatic heterocycles. The van der Waals surface area contributed by atoms with E-state index in [1.807, 2.05) is 6.07 Å². The van der Waals surface area contributed by atoms with Crippen molar-refractivity contribution in [1.29, 1.82) is 0 Å². The highest BCUT2D eigenvalue weighted by molar-refractivity contribution is 5.99. The van der Waals surface area contributed by atoms with E-state index in [2.05, 4.69) is 0 Å². The number of anilines is 1. The van der Waals surface area contributed by atoms with Crippen LogP contribution in [0.3, 0.4) is 0 Å². The van der Waals surface area contributed by atoms with E-state index in [4.69, 9.17) is 10.8 Å². The Labute approximate surface area is 134 Å². The number of hydrogen-bond donors (Lipinski definition) is 2. The summed E-state index contributed by atoms with van der Waals surface area (Å²) < 4.78 is 0. The monoisotopic (exact) mass is 319 g/mol. The summed E-state index contributed by atoms with van der Waals surface area (Å²) in [4.78, 5) is 38.5. The molecule has 0 saturated carbocycles. The Morgan fingerprint density at radius 1 is 1.26 bits per heavy atom. The van der Waals surface area contributed by atoms with Gasteiger partial charge in [-0.15, -0.1) is 0 Å². The fraction of sp³-hybridized carbons (Fsp3) is 0.438. The molecule has 1 aromatic rings. The van der Waals surface area contributed by atoms with Gasteiger partial charge in [-0.2, -0.15) is 0 Å². The summed E-state index contributed by atoms with van der Waals surface area (Å²) in [5.74, 6) is -2.04. The smallest absolute Gasteiger partial charge is 0.308 e. The van der Waals surface area contributed by atoms with Gasteiger partial charge in [-0.05, 0) is 25.0 Å². The van der Waals surface area contributed by atoms with Crippen molar-refractivity contribution in [1.82, 2.24) is 4.90 Å². The fourth-order valence-electron chi connectivity index (χ4n) is 2.68. The highest BCUT2D eigenvalue weighted by Crippen LogP contribution is 2.18. The number of carboxylic acids is 1. The Morgan fingerprint density at radius 3 is 2.57 bits per heavy atom. The Kier molecular flexibility index (Phi) is 5.70. The molecule has 1 heterocycles. The van der Waals surface area contributed by atoms with Gasteiger partial charge >= 0.3 is 5.97 Å². The van der Waals surface area contributed by atoms with E-state index < -0.39 is 11.9 Å². The molecular formula is C16H21N3O4. The van der Waals surface area contributed by atoms with Crippen LogP contribution in [0.15, 0.2) is 30.3 Å². The lowest BCUT2D eigenvalue weighted by Crippen LogP contribution is -2.48. The quantitative estimate of drug-likeness (QED) is 0.812. The van der Waals surface area contributed by atoms with Crippen LogP contribution in [-0.2, 0) is 14.4 Å². The number of carbonyl (C=O) groups is 3. The maximum Gasteiger partial charge on any atom is 0.308 e. The van der Waals surface area contributed by atoms with Crippen molar-refractivity contribution in [3.63, 3.8) is 0 Å². The number of nitrogens with two attached hydrogens (primary N) is 1. The fourth-order valence-corrected chi connectivity index (χ4v) is 2.68. The third-order valence-electron chi connectivity index (χ3n) is 3.96. The number of rotatable bonds is 5. The number of hydrogen-bond acceptors (Lipinski definition) is 4. The lowest BCUT2D eigenvalue weighted by molar-refractivity contribution is -0.145. The third kappa shape index (κ3) is 4.29. The molecule has 2 rings (SSSR count). The van der Waals surface area contributed by atoms with Gasteiger partial charge in [0.05, 0.1) is 12.5 Å². The van der Waals surface area contributed by atoms with Crippen molar-refractivity contribution in [2.75, 3.05) is 31.1 Å². The highest BCUT2D eigenvalue weighted by Gasteiger charge is 2.29. The summed E-state index contributed by atoms with van der Waals surface area (Å²) in [5, 5.41) is 9.10. The van der Waals surface area contributed by atoms with Crippen molar-refractivity contribution in [3.8, 4) is 0 Å². The predicted molar refractivity (Wildman–Crippen MR) is 84.8 cm³/mol. The summed E-state index contributed by atoms with van der Waals surface area (Å²) in [6.07, 6.45) is 1.22. The van der Waals surface area contributed by atoms with Gasteiger partial charge in [0.2, 0.25) is 11.8 Å². The van der Waals surface area contributed by atoms with Gasteiger partial charge in [0.1, 0.15) is 6.54 Å². The molecule has 3 N–H and O–H groups in total. The van der Waals surface area contributed by atoms with Gasteiger partial charge in [0, 0.05) is 18.8 Å². The minimum absolute atomic E-state index is 0.133. The molecule has 0 aliphatic carbocycles. The van der Waals surface area contributed by atoms with Gasteiger partial charge in [-0.1, -0.05) is 18.2 Å². The zero-order chi connectivity index (χ0) is 16.8. The van der Waals surface area contributed by atoms with Gasteiger partial charge in [-0.25, -0.2) is 0 Å². The molecule has 1 aliphatic rings. The largest absolute Gasteiger partial charge is 0.481 e. The second-order valence-electron chi connectivity index (χ2n) is 5.54. The summed E-state index contributed by atoms with van der Waals surface area (Å²) in [6, 6.07) is 8.84. The molecule has 1 aliphatic heterocycles.